The quantitative estimate of drug-likeness (QED) is 0.386. The molecule has 1 nitrogen and oxygen atoms in total. The molecule has 0 aliphatic carbocycles. The van der Waals surface area contributed by atoms with Crippen molar-refractivity contribution in [2.45, 2.75) is 0 Å². The van der Waals surface area contributed by atoms with Crippen molar-refractivity contribution in [2.24, 2.45) is 0 Å². The van der Waals surface area contributed by atoms with Crippen molar-refractivity contribution in [1.82, 2.24) is 0 Å². The largest absolute Gasteiger partial charge is 0.324 e. The van der Waals surface area contributed by atoms with Crippen molar-refractivity contribution in [3.8, 4) is 0 Å². The van der Waals surface area contributed by atoms with Gasteiger partial charge in [0.15, 0.2) is 0 Å². The van der Waals surface area contributed by atoms with E-state index in [2.05, 4.69) is 0 Å². The molecule has 3 heteroatoms. The van der Waals surface area contributed by atoms with Crippen molar-refractivity contribution >= 4 is 25.8 Å². The van der Waals surface area contributed by atoms with Crippen molar-refractivity contribution in [1.29, 1.82) is 0 Å². The van der Waals surface area contributed by atoms with E-state index < -0.39 is 9.02 Å². The molecule has 0 N–H and O–H groups in total. The Balaban J connectivity index is 3.11. The Kier molecular flexibility index (Phi) is 3.32. The zero-order chi connectivity index (χ0) is 3.41. The molecule has 0 aromatic carbocycles. The lowest BCUT2D eigenvalue weighted by Gasteiger charge is -1.27. The molecule has 4 heavy (non-hydrogen) atoms. The van der Waals surface area contributed by atoms with Gasteiger partial charge in [-0.25, -0.2) is 0 Å². The summed E-state index contributed by atoms with van der Waals surface area (Å²) in [5.41, 5.74) is 0. The summed E-state index contributed by atoms with van der Waals surface area (Å²) in [6.07, 6.45) is 0. The van der Waals surface area contributed by atoms with Crippen LogP contribution in [0.4, 0.5) is 0 Å². The summed E-state index contributed by atoms with van der Waals surface area (Å²) in [6, 6.07) is 0. The first kappa shape index (κ1) is 4.18. The van der Waals surface area contributed by atoms with Gasteiger partial charge in [0.2, 0.25) is 0 Å². The molecule has 0 aliphatic heterocycles. The second kappa shape index (κ2) is 3.18. The van der Waals surface area contributed by atoms with Gasteiger partial charge in [0, 0.05) is 0 Å². The number of hydrogen-bond acceptors (Lipinski definition) is 1. The van der Waals surface area contributed by atoms with E-state index in [0.29, 0.717) is 0 Å². The molecule has 0 saturated heterocycles. The number of hydrogen-bond donors (Lipinski definition) is 0. The van der Waals surface area contributed by atoms with Crippen LogP contribution < -0.4 is 0 Å². The van der Waals surface area contributed by atoms with Crippen LogP contribution in [0.1, 0.15) is 0 Å². The zero-order valence-corrected chi connectivity index (χ0v) is 3.62. The first-order valence-corrected chi connectivity index (χ1v) is 2.13. The fraction of sp³-hybridized carbons (Fsp3) is 0. The SMILES string of the molecule is O=[Si]=CCl. The molecule has 0 fully saturated rings. The molecule has 0 rings (SSSR count). The van der Waals surface area contributed by atoms with Gasteiger partial charge in [-0.1, -0.05) is 11.6 Å². The van der Waals surface area contributed by atoms with Crippen LogP contribution in [0.5, 0.6) is 0 Å². The van der Waals surface area contributed by atoms with Crippen molar-refractivity contribution in [3.05, 3.63) is 0 Å². The molecule has 0 aromatic heterocycles. The molecule has 0 unspecified atom stereocenters. The summed E-state index contributed by atoms with van der Waals surface area (Å²) in [4.78, 5) is 0. The minimum atomic E-state index is -0.469. The summed E-state index contributed by atoms with van der Waals surface area (Å²) in [5.74, 6) is 0. The molecule has 0 heterocycles. The van der Waals surface area contributed by atoms with Crippen LogP contribution in [-0.2, 0) is 4.46 Å². The molecule has 0 radical (unpaired) electrons. The Morgan fingerprint density at radius 2 is 2.25 bits per heavy atom. The van der Waals surface area contributed by atoms with E-state index in [-0.39, 0.29) is 0 Å². The fourth-order valence-electron chi connectivity index (χ4n) is 0. The third-order valence-electron chi connectivity index (χ3n) is 0.0445. The van der Waals surface area contributed by atoms with Gasteiger partial charge in [0.05, 0.1) is 5.13 Å². The van der Waals surface area contributed by atoms with E-state index in [1.807, 2.05) is 0 Å². The van der Waals surface area contributed by atoms with E-state index in [4.69, 9.17) is 16.1 Å². The molecule has 0 bridgehead atoms. The average molecular weight is 92.6 g/mol. The van der Waals surface area contributed by atoms with Gasteiger partial charge in [-0.3, -0.25) is 0 Å². The molecule has 0 amide bonds. The Morgan fingerprint density at radius 3 is 2.25 bits per heavy atom. The predicted molar refractivity (Wildman–Crippen MR) is 18.4 cm³/mol. The third-order valence-corrected chi connectivity index (χ3v) is 0.401. The van der Waals surface area contributed by atoms with Crippen molar-refractivity contribution in [2.75, 3.05) is 0 Å². The molecular weight excluding hydrogens is 91.5 g/mol. The summed E-state index contributed by atoms with van der Waals surface area (Å²) in [7, 11) is -0.469. The Hall–Kier alpha value is 0.177. The highest BCUT2D eigenvalue weighted by atomic mass is 35.5. The Bertz CT molecular complexity index is 46.0. The van der Waals surface area contributed by atoms with Gasteiger partial charge < -0.3 is 4.46 Å². The first-order valence-electron chi connectivity index (χ1n) is 0.711. The maximum absolute atomic E-state index is 9.14. The zero-order valence-electron chi connectivity index (χ0n) is 1.86. The standard InChI is InChI=1S/CHClOSi/c2-1-4-3/h1H. The molecule has 0 aromatic rings. The lowest BCUT2D eigenvalue weighted by atomic mass is 11.9. The maximum atomic E-state index is 9.14. The average Bonchev–Trinajstić information content (AvgIpc) is 1.37. The minimum Gasteiger partial charge on any atom is -0.324 e. The van der Waals surface area contributed by atoms with Crippen LogP contribution in [-0.4, -0.2) is 14.1 Å². The summed E-state index contributed by atoms with van der Waals surface area (Å²) in [5, 5.41) is 1.07. The smallest absolute Gasteiger partial charge is 0.273 e. The molecule has 0 aliphatic rings. The lowest BCUT2D eigenvalue weighted by molar-refractivity contribution is 0.587. The highest BCUT2D eigenvalue weighted by Crippen LogP contribution is 1.42. The first-order chi connectivity index (χ1) is 1.91. The van der Waals surface area contributed by atoms with Gasteiger partial charge in [-0.15, -0.1) is 0 Å². The van der Waals surface area contributed by atoms with E-state index in [9.17, 15) is 0 Å². The van der Waals surface area contributed by atoms with Crippen LogP contribution in [0.3, 0.4) is 0 Å². The van der Waals surface area contributed by atoms with Crippen LogP contribution in [0.15, 0.2) is 0 Å². The second-order valence-electron chi connectivity index (χ2n) is 0.227. The molecular formula is CHClOSi. The van der Waals surface area contributed by atoms with Crippen LogP contribution in [0, 0.1) is 0 Å². The third kappa shape index (κ3) is 2.18. The topological polar surface area (TPSA) is 17.1 Å². The number of halogens is 1. The van der Waals surface area contributed by atoms with Crippen molar-refractivity contribution in [3.63, 3.8) is 0 Å². The van der Waals surface area contributed by atoms with Gasteiger partial charge in [-0.2, -0.15) is 0 Å². The molecule has 0 spiro atoms. The van der Waals surface area contributed by atoms with Crippen LogP contribution in [0.25, 0.3) is 0 Å². The normalized spacial score (nSPS) is 4.25. The summed E-state index contributed by atoms with van der Waals surface area (Å²) < 4.78 is 9.14. The number of rotatable bonds is 0. The van der Waals surface area contributed by atoms with E-state index in [1.54, 1.807) is 0 Å². The highest BCUT2D eigenvalue weighted by Gasteiger charge is 1.37. The van der Waals surface area contributed by atoms with Gasteiger partial charge in [-0.05, 0) is 0 Å². The molecule has 0 saturated carbocycles. The molecule has 0 atom stereocenters. The lowest BCUT2D eigenvalue weighted by Crippen LogP contribution is -1.46. The predicted octanol–water partition coefficient (Wildman–Crippen LogP) is 0.0346. The maximum Gasteiger partial charge on any atom is 0.273 e. The Morgan fingerprint density at radius 1 is 2.00 bits per heavy atom. The Labute approximate surface area is 31.1 Å². The van der Waals surface area contributed by atoms with Gasteiger partial charge >= 0.3 is 0 Å². The highest BCUT2D eigenvalue weighted by molar-refractivity contribution is 6.72. The summed E-state index contributed by atoms with van der Waals surface area (Å²) >= 11 is 4.76. The van der Waals surface area contributed by atoms with Crippen LogP contribution in [0.2, 0.25) is 0 Å². The fourth-order valence-corrected chi connectivity index (χ4v) is 0. The van der Waals surface area contributed by atoms with Crippen molar-refractivity contribution < 1.29 is 4.46 Å². The van der Waals surface area contributed by atoms with E-state index >= 15 is 0 Å². The van der Waals surface area contributed by atoms with E-state index in [0.717, 1.165) is 5.13 Å². The second-order valence-corrected chi connectivity index (χ2v) is 1.34. The summed E-state index contributed by atoms with van der Waals surface area (Å²) in [6.45, 7) is 0. The van der Waals surface area contributed by atoms with Crippen LogP contribution >= 0.6 is 11.6 Å². The minimum absolute atomic E-state index is 0.469. The van der Waals surface area contributed by atoms with Gasteiger partial charge in [0.1, 0.15) is 0 Å². The molecule has 22 valence electrons. The van der Waals surface area contributed by atoms with E-state index in [1.165, 1.54) is 0 Å². The van der Waals surface area contributed by atoms with Gasteiger partial charge in [0.25, 0.3) is 9.02 Å². The monoisotopic (exact) mass is 91.9 g/mol.